The summed E-state index contributed by atoms with van der Waals surface area (Å²) < 4.78 is 0. The van der Waals surface area contributed by atoms with Crippen LogP contribution in [-0.4, -0.2) is 25.2 Å². The van der Waals surface area contributed by atoms with E-state index in [1.54, 1.807) is 24.6 Å². The van der Waals surface area contributed by atoms with E-state index in [2.05, 4.69) is 37.9 Å². The van der Waals surface area contributed by atoms with Crippen LogP contribution in [0.15, 0.2) is 0 Å². The maximum atomic E-state index is 7.23. The zero-order chi connectivity index (χ0) is 16.7. The number of thiol groups is 1. The fourth-order valence-electron chi connectivity index (χ4n) is 0. The molecule has 0 aliphatic carbocycles. The van der Waals surface area contributed by atoms with E-state index >= 15 is 0 Å². The maximum absolute atomic E-state index is 7.23. The molecule has 20 heavy (non-hydrogen) atoms. The Morgan fingerprint density at radius 1 is 0.950 bits per heavy atom. The summed E-state index contributed by atoms with van der Waals surface area (Å²) in [5.74, 6) is 0. The van der Waals surface area contributed by atoms with Gasteiger partial charge in [-0.1, -0.05) is 26.5 Å². The van der Waals surface area contributed by atoms with Crippen molar-refractivity contribution in [1.82, 2.24) is 0 Å². The molecule has 0 saturated carbocycles. The molecule has 0 aliphatic rings. The fraction of sp³-hybridized carbons (Fsp3) is 0.667. The van der Waals surface area contributed by atoms with Gasteiger partial charge in [-0.2, -0.15) is 30.4 Å². The second-order valence-corrected chi connectivity index (χ2v) is 3.18. The molecule has 118 valence electrons. The second-order valence-electron chi connectivity index (χ2n) is 2.53. The van der Waals surface area contributed by atoms with E-state index in [9.17, 15) is 0 Å². The number of nitriles is 3. The summed E-state index contributed by atoms with van der Waals surface area (Å²) in [5, 5.41) is 26.2. The number of nitrogens with one attached hydrogen (secondary N) is 4. The van der Waals surface area contributed by atoms with Crippen molar-refractivity contribution in [1.29, 1.82) is 15.8 Å². The van der Waals surface area contributed by atoms with Gasteiger partial charge in [-0.05, 0) is 0 Å². The van der Waals surface area contributed by atoms with E-state index in [0.717, 1.165) is 0 Å². The molecule has 0 radical (unpaired) electrons. The van der Waals surface area contributed by atoms with Crippen molar-refractivity contribution in [3.8, 4) is 16.2 Å². The van der Waals surface area contributed by atoms with Gasteiger partial charge in [0.05, 0.1) is 25.3 Å². The molecule has 0 aromatic heterocycles. The summed E-state index contributed by atoms with van der Waals surface area (Å²) in [4.78, 5) is 0. The summed E-state index contributed by atoms with van der Waals surface area (Å²) in [6.45, 7) is 3.85. The average Bonchev–Trinajstić information content (AvgIpc) is 2.32. The predicted molar refractivity (Wildman–Crippen MR) is 92.1 cm³/mol. The van der Waals surface area contributed by atoms with Gasteiger partial charge in [0.1, 0.15) is 5.40 Å². The van der Waals surface area contributed by atoms with Gasteiger partial charge in [0.25, 0.3) is 0 Å². The average molecular weight is 382 g/mol. The van der Waals surface area contributed by atoms with Crippen LogP contribution < -0.4 is 0 Å². The molecule has 0 fully saturated rings. The van der Waals surface area contributed by atoms with E-state index in [1.807, 2.05) is 0 Å². The first kappa shape index (κ1) is 36.8. The zero-order valence-electron chi connectivity index (χ0n) is 11.2. The first-order chi connectivity index (χ1) is 8.78. The first-order valence-corrected chi connectivity index (χ1v) is 6.10. The summed E-state index contributed by atoms with van der Waals surface area (Å²) in [5.41, 5.74) is 26.2. The Morgan fingerprint density at radius 3 is 1.00 bits per heavy atom. The van der Waals surface area contributed by atoms with Crippen molar-refractivity contribution in [2.45, 2.75) is 25.9 Å². The molecular weight excluding hydrogens is 361 g/mol. The number of hydrogen-bond acceptors (Lipinski definition) is 4. The molecule has 4 N–H and O–H groups in total. The van der Waals surface area contributed by atoms with E-state index < -0.39 is 0 Å². The van der Waals surface area contributed by atoms with Gasteiger partial charge in [-0.25, -0.2) is 0 Å². The molecule has 0 rings (SSSR count). The molecule has 2 unspecified atom stereocenters. The van der Waals surface area contributed by atoms with Gasteiger partial charge in [-0.3, -0.25) is 0 Å². The third kappa shape index (κ3) is 340. The second kappa shape index (κ2) is 51.0. The monoisotopic (exact) mass is 382 g/mol. The quantitative estimate of drug-likeness (QED) is 0.440. The zero-order valence-corrected chi connectivity index (χ0v) is 15.1. The predicted octanol–water partition coefficient (Wildman–Crippen LogP) is 2.31. The van der Waals surface area contributed by atoms with Crippen molar-refractivity contribution < 1.29 is 16.8 Å². The molecule has 7 nitrogen and oxygen atoms in total. The van der Waals surface area contributed by atoms with E-state index in [-0.39, 0.29) is 42.0 Å². The fourth-order valence-corrected chi connectivity index (χ4v) is 0. The Morgan fingerprint density at radius 2 is 1.00 bits per heavy atom. The number of rotatable bonds is 2. The van der Waals surface area contributed by atoms with E-state index in [1.165, 1.54) is 5.40 Å². The van der Waals surface area contributed by atoms with Crippen LogP contribution in [0.2, 0.25) is 0 Å². The Balaban J connectivity index is -0.0000000310. The number of thiocyanates is 3. The smallest absolute Gasteiger partial charge is 0.679 e. The van der Waals surface area contributed by atoms with Crippen LogP contribution in [0.25, 0.3) is 22.9 Å². The van der Waals surface area contributed by atoms with Crippen LogP contribution in [0.4, 0.5) is 0 Å². The number of nitrogens with zero attached hydrogens (tertiary/aromatic N) is 3. The third-order valence-corrected chi connectivity index (χ3v) is 0.612. The summed E-state index contributed by atoms with van der Waals surface area (Å²) >= 11 is 8.07. The van der Waals surface area contributed by atoms with E-state index in [4.69, 9.17) is 38.7 Å². The molecular formula is C9H21CoN7S3+. The minimum absolute atomic E-state index is 0. The van der Waals surface area contributed by atoms with E-state index in [0.29, 0.717) is 0 Å². The Hall–Kier alpha value is -0.134. The van der Waals surface area contributed by atoms with Crippen molar-refractivity contribution in [2.75, 3.05) is 13.1 Å². The van der Waals surface area contributed by atoms with Gasteiger partial charge in [0.15, 0.2) is 0 Å². The Bertz CT molecular complexity index is 209. The number of hydrogen-bond donors (Lipinski definition) is 1. The summed E-state index contributed by atoms with van der Waals surface area (Å²) in [7, 11) is 0. The van der Waals surface area contributed by atoms with Crippen LogP contribution in [0.5, 0.6) is 0 Å². The standard InChI is InChI=1S/2C3H8N2.3CHNS.Co/c2*1-3(5)2-4;3*2-1-3;/h2*3-5H,2H2,1H3;3*3H;/q2*-2;;;;+3/p+2. The van der Waals surface area contributed by atoms with Crippen molar-refractivity contribution in [3.05, 3.63) is 22.9 Å². The summed E-state index contributed by atoms with van der Waals surface area (Å²) in [6.07, 6.45) is 0. The van der Waals surface area contributed by atoms with Crippen LogP contribution in [0, 0.1) is 32.0 Å². The molecule has 0 spiro atoms. The molecule has 2 atom stereocenters. The molecule has 11 heteroatoms. The third-order valence-electron chi connectivity index (χ3n) is 0.612. The van der Waals surface area contributed by atoms with Crippen LogP contribution in [0.3, 0.4) is 0 Å². The molecule has 0 aromatic rings. The van der Waals surface area contributed by atoms with Gasteiger partial charge in [0.2, 0.25) is 0 Å². The van der Waals surface area contributed by atoms with Gasteiger partial charge >= 0.3 is 27.6 Å². The van der Waals surface area contributed by atoms with Crippen LogP contribution in [-0.2, 0) is 42.0 Å². The molecule has 0 bridgehead atoms. The van der Waals surface area contributed by atoms with Gasteiger partial charge < -0.3 is 22.9 Å². The topological polar surface area (TPSA) is 167 Å². The Kier molecular flexibility index (Phi) is 93.8. The SMILES string of the molecule is CC([NH-])C[NH-].CC([NH-])C[NH-].N#CS.N#C[SH2+].N#C[SH2+].[Co+3]. The minimum atomic E-state index is -0.199. The summed E-state index contributed by atoms with van der Waals surface area (Å²) in [6, 6.07) is -0.398. The molecule has 0 aromatic carbocycles. The molecule has 0 saturated heterocycles. The molecule has 0 heterocycles. The van der Waals surface area contributed by atoms with Crippen molar-refractivity contribution in [2.24, 2.45) is 0 Å². The Labute approximate surface area is 148 Å². The van der Waals surface area contributed by atoms with Crippen molar-refractivity contribution >= 4 is 37.9 Å². The van der Waals surface area contributed by atoms with Crippen LogP contribution >= 0.6 is 12.6 Å². The maximum Gasteiger partial charge on any atom is 3.00 e. The normalized spacial score (nSPS) is 8.70. The largest absolute Gasteiger partial charge is 3.00 e. The molecule has 0 aliphatic heterocycles. The van der Waals surface area contributed by atoms with Gasteiger partial charge in [-0.15, -0.1) is 10.5 Å². The van der Waals surface area contributed by atoms with Crippen LogP contribution in [0.1, 0.15) is 13.8 Å². The van der Waals surface area contributed by atoms with Gasteiger partial charge in [0, 0.05) is 0 Å². The first-order valence-electron chi connectivity index (χ1n) is 4.65. The minimum Gasteiger partial charge on any atom is -0.679 e. The van der Waals surface area contributed by atoms with Crippen molar-refractivity contribution in [3.63, 3.8) is 0 Å². The molecule has 0 amide bonds.